The quantitative estimate of drug-likeness (QED) is 0.604. The molecule has 1 aromatic rings. The Balaban J connectivity index is 2.16. The number of hydrogen-bond acceptors (Lipinski definition) is 2. The maximum absolute atomic E-state index is 5.60. The van der Waals surface area contributed by atoms with E-state index in [0.29, 0.717) is 16.8 Å². The Morgan fingerprint density at radius 2 is 2.27 bits per heavy atom. The highest BCUT2D eigenvalue weighted by atomic mass is 79.9. The standard InChI is InChI=1S/C10H11Br3OS/c1-5-6(2-3-14-5)9(12)8-4-7(11)10(13)15-8/h4-6,9H,2-3H2,1H3. The van der Waals surface area contributed by atoms with Crippen LogP contribution in [0.25, 0.3) is 0 Å². The molecule has 2 rings (SSSR count). The fourth-order valence-electron chi connectivity index (χ4n) is 1.84. The number of hydrogen-bond donors (Lipinski definition) is 0. The second kappa shape index (κ2) is 5.17. The Hall–Kier alpha value is 1.10. The number of alkyl halides is 1. The number of ether oxygens (including phenoxy) is 1. The minimum atomic E-state index is 0.356. The molecule has 2 heterocycles. The van der Waals surface area contributed by atoms with Crippen molar-refractivity contribution in [3.63, 3.8) is 0 Å². The molecule has 0 aliphatic carbocycles. The van der Waals surface area contributed by atoms with Crippen LogP contribution in [0.1, 0.15) is 23.0 Å². The van der Waals surface area contributed by atoms with Gasteiger partial charge in [0, 0.05) is 21.9 Å². The van der Waals surface area contributed by atoms with Gasteiger partial charge in [-0.15, -0.1) is 11.3 Å². The van der Waals surface area contributed by atoms with Gasteiger partial charge in [0.1, 0.15) is 0 Å². The topological polar surface area (TPSA) is 9.23 Å². The molecule has 1 fully saturated rings. The van der Waals surface area contributed by atoms with Crippen molar-refractivity contribution >= 4 is 59.1 Å². The lowest BCUT2D eigenvalue weighted by Gasteiger charge is -2.19. The molecule has 1 aliphatic heterocycles. The highest BCUT2D eigenvalue weighted by molar-refractivity contribution is 9.13. The summed E-state index contributed by atoms with van der Waals surface area (Å²) in [5.41, 5.74) is 0. The monoisotopic (exact) mass is 416 g/mol. The molecule has 0 spiro atoms. The predicted molar refractivity (Wildman–Crippen MR) is 74.9 cm³/mol. The predicted octanol–water partition coefficient (Wildman–Crippen LogP) is 5.13. The number of thiophene rings is 1. The third kappa shape index (κ3) is 2.68. The lowest BCUT2D eigenvalue weighted by atomic mass is 9.98. The fourth-order valence-corrected chi connectivity index (χ4v) is 5.09. The van der Waals surface area contributed by atoms with Gasteiger partial charge in [0.05, 0.1) is 14.7 Å². The zero-order chi connectivity index (χ0) is 11.0. The third-order valence-corrected chi connectivity index (χ3v) is 7.56. The smallest absolute Gasteiger partial charge is 0.0843 e. The molecule has 0 radical (unpaired) electrons. The van der Waals surface area contributed by atoms with Crippen molar-refractivity contribution in [3.8, 4) is 0 Å². The summed E-state index contributed by atoms with van der Waals surface area (Å²) in [6.45, 7) is 3.05. The summed E-state index contributed by atoms with van der Waals surface area (Å²) in [5, 5.41) is 0. The van der Waals surface area contributed by atoms with E-state index >= 15 is 0 Å². The summed E-state index contributed by atoms with van der Waals surface area (Å²) in [4.78, 5) is 1.76. The van der Waals surface area contributed by atoms with Crippen LogP contribution < -0.4 is 0 Å². The molecule has 0 bridgehead atoms. The molecule has 1 saturated heterocycles. The summed E-state index contributed by atoms with van der Waals surface area (Å²) < 4.78 is 7.89. The minimum Gasteiger partial charge on any atom is -0.378 e. The van der Waals surface area contributed by atoms with Crippen LogP contribution in [0.2, 0.25) is 0 Å². The van der Waals surface area contributed by atoms with Crippen LogP contribution in [0.5, 0.6) is 0 Å². The Kier molecular flexibility index (Phi) is 4.33. The third-order valence-electron chi connectivity index (χ3n) is 2.75. The first kappa shape index (κ1) is 12.6. The first-order valence-corrected chi connectivity index (χ1v) is 8.12. The molecular formula is C10H11Br3OS. The van der Waals surface area contributed by atoms with E-state index < -0.39 is 0 Å². The molecule has 3 unspecified atom stereocenters. The van der Waals surface area contributed by atoms with Crippen LogP contribution in [0.3, 0.4) is 0 Å². The van der Waals surface area contributed by atoms with Gasteiger partial charge >= 0.3 is 0 Å². The number of halogens is 3. The summed E-state index contributed by atoms with van der Waals surface area (Å²) >= 11 is 12.6. The molecule has 1 aliphatic rings. The number of rotatable bonds is 2. The van der Waals surface area contributed by atoms with E-state index in [9.17, 15) is 0 Å². The van der Waals surface area contributed by atoms with Crippen molar-refractivity contribution < 1.29 is 4.74 Å². The van der Waals surface area contributed by atoms with Crippen molar-refractivity contribution in [2.75, 3.05) is 6.61 Å². The van der Waals surface area contributed by atoms with Crippen molar-refractivity contribution in [1.82, 2.24) is 0 Å². The van der Waals surface area contributed by atoms with Crippen LogP contribution >= 0.6 is 59.1 Å². The van der Waals surface area contributed by atoms with Crippen LogP contribution in [-0.4, -0.2) is 12.7 Å². The Bertz CT molecular complexity index is 333. The Labute approximate surface area is 119 Å². The zero-order valence-corrected chi connectivity index (χ0v) is 13.7. The van der Waals surface area contributed by atoms with Gasteiger partial charge in [0.25, 0.3) is 0 Å². The maximum Gasteiger partial charge on any atom is 0.0843 e. The zero-order valence-electron chi connectivity index (χ0n) is 8.17. The van der Waals surface area contributed by atoms with E-state index in [0.717, 1.165) is 21.3 Å². The first-order chi connectivity index (χ1) is 7.09. The van der Waals surface area contributed by atoms with E-state index in [1.54, 1.807) is 11.3 Å². The molecule has 1 aromatic heterocycles. The van der Waals surface area contributed by atoms with Crippen molar-refractivity contribution in [2.45, 2.75) is 24.3 Å². The molecule has 0 saturated carbocycles. The van der Waals surface area contributed by atoms with Gasteiger partial charge in [0.2, 0.25) is 0 Å². The lowest BCUT2D eigenvalue weighted by molar-refractivity contribution is 0.106. The molecular weight excluding hydrogens is 408 g/mol. The molecule has 0 aromatic carbocycles. The van der Waals surface area contributed by atoms with Crippen LogP contribution in [0, 0.1) is 5.92 Å². The average molecular weight is 419 g/mol. The van der Waals surface area contributed by atoms with E-state index in [2.05, 4.69) is 60.8 Å². The van der Waals surface area contributed by atoms with Gasteiger partial charge in [-0.3, -0.25) is 0 Å². The normalized spacial score (nSPS) is 28.3. The van der Waals surface area contributed by atoms with Crippen LogP contribution in [0.4, 0.5) is 0 Å². The Morgan fingerprint density at radius 1 is 1.53 bits per heavy atom. The van der Waals surface area contributed by atoms with E-state index in [1.807, 2.05) is 0 Å². The van der Waals surface area contributed by atoms with Crippen molar-refractivity contribution in [1.29, 1.82) is 0 Å². The highest BCUT2D eigenvalue weighted by Gasteiger charge is 2.32. The molecule has 0 N–H and O–H groups in total. The van der Waals surface area contributed by atoms with Gasteiger partial charge in [-0.1, -0.05) is 15.9 Å². The second-order valence-electron chi connectivity index (χ2n) is 3.70. The van der Waals surface area contributed by atoms with E-state index in [1.165, 1.54) is 4.88 Å². The van der Waals surface area contributed by atoms with Crippen LogP contribution in [-0.2, 0) is 4.74 Å². The summed E-state index contributed by atoms with van der Waals surface area (Å²) in [6.07, 6.45) is 1.50. The maximum atomic E-state index is 5.60. The largest absolute Gasteiger partial charge is 0.378 e. The van der Waals surface area contributed by atoms with Gasteiger partial charge in [-0.25, -0.2) is 0 Å². The lowest BCUT2D eigenvalue weighted by Crippen LogP contribution is -2.15. The Morgan fingerprint density at radius 3 is 2.73 bits per heavy atom. The van der Waals surface area contributed by atoms with Gasteiger partial charge < -0.3 is 4.74 Å². The van der Waals surface area contributed by atoms with E-state index in [-0.39, 0.29) is 0 Å². The average Bonchev–Trinajstić information content (AvgIpc) is 2.74. The molecule has 15 heavy (non-hydrogen) atoms. The van der Waals surface area contributed by atoms with Gasteiger partial charge in [-0.05, 0) is 51.3 Å². The summed E-state index contributed by atoms with van der Waals surface area (Å²) in [6, 6.07) is 2.18. The van der Waals surface area contributed by atoms with Crippen molar-refractivity contribution in [2.24, 2.45) is 5.92 Å². The molecule has 1 nitrogen and oxygen atoms in total. The molecule has 3 atom stereocenters. The van der Waals surface area contributed by atoms with Crippen LogP contribution in [0.15, 0.2) is 14.3 Å². The SMILES string of the molecule is CC1OCCC1C(Br)c1cc(Br)c(Br)s1. The van der Waals surface area contributed by atoms with Gasteiger partial charge in [-0.2, -0.15) is 0 Å². The fraction of sp³-hybridized carbons (Fsp3) is 0.600. The summed E-state index contributed by atoms with van der Waals surface area (Å²) in [5.74, 6) is 0.586. The first-order valence-electron chi connectivity index (χ1n) is 4.80. The van der Waals surface area contributed by atoms with E-state index in [4.69, 9.17) is 4.74 Å². The minimum absolute atomic E-state index is 0.356. The molecule has 84 valence electrons. The molecule has 5 heteroatoms. The van der Waals surface area contributed by atoms with Crippen molar-refractivity contribution in [3.05, 3.63) is 19.2 Å². The van der Waals surface area contributed by atoms with Gasteiger partial charge in [0.15, 0.2) is 0 Å². The highest BCUT2D eigenvalue weighted by Crippen LogP contribution is 2.45. The summed E-state index contributed by atoms with van der Waals surface area (Å²) in [7, 11) is 0. The molecule has 0 amide bonds. The second-order valence-corrected chi connectivity index (χ2v) is 7.94.